The SMILES string of the molecule is O=C(N[C@@H]1CCCc2ccccc21)C1CCN(S(=O)(=O)CCCc2ccccc2)CC1. The van der Waals surface area contributed by atoms with Crippen molar-refractivity contribution in [2.75, 3.05) is 18.8 Å². The van der Waals surface area contributed by atoms with Gasteiger partial charge in [-0.1, -0.05) is 54.6 Å². The summed E-state index contributed by atoms with van der Waals surface area (Å²) in [5.41, 5.74) is 3.73. The van der Waals surface area contributed by atoms with E-state index in [0.29, 0.717) is 32.4 Å². The van der Waals surface area contributed by atoms with Crippen LogP contribution in [0.4, 0.5) is 0 Å². The molecule has 0 bridgehead atoms. The molecule has 1 N–H and O–H groups in total. The predicted octanol–water partition coefficient (Wildman–Crippen LogP) is 3.85. The number of amides is 1. The molecule has 0 radical (unpaired) electrons. The molecule has 1 atom stereocenters. The van der Waals surface area contributed by atoms with Crippen molar-refractivity contribution < 1.29 is 13.2 Å². The van der Waals surface area contributed by atoms with Gasteiger partial charge < -0.3 is 5.32 Å². The molecule has 6 heteroatoms. The van der Waals surface area contributed by atoms with Gasteiger partial charge in [-0.3, -0.25) is 4.79 Å². The zero-order valence-electron chi connectivity index (χ0n) is 18.0. The number of hydrogen-bond donors (Lipinski definition) is 1. The quantitative estimate of drug-likeness (QED) is 0.711. The normalized spacial score (nSPS) is 20.2. The summed E-state index contributed by atoms with van der Waals surface area (Å²) < 4.78 is 27.0. The van der Waals surface area contributed by atoms with E-state index in [2.05, 4.69) is 23.5 Å². The first kappa shape index (κ1) is 22.0. The van der Waals surface area contributed by atoms with Gasteiger partial charge in [0, 0.05) is 19.0 Å². The molecule has 0 spiro atoms. The second-order valence-corrected chi connectivity index (χ2v) is 10.8. The third-order valence-electron chi connectivity index (χ3n) is 6.61. The summed E-state index contributed by atoms with van der Waals surface area (Å²) in [6.07, 6.45) is 5.70. The van der Waals surface area contributed by atoms with Crippen LogP contribution in [0.3, 0.4) is 0 Å². The first-order valence-corrected chi connectivity index (χ1v) is 13.0. The van der Waals surface area contributed by atoms with Crippen molar-refractivity contribution in [3.05, 3.63) is 71.3 Å². The number of aryl methyl sites for hydroxylation is 2. The number of sulfonamides is 1. The van der Waals surface area contributed by atoms with E-state index in [4.69, 9.17) is 0 Å². The summed E-state index contributed by atoms with van der Waals surface area (Å²) in [6.45, 7) is 0.875. The van der Waals surface area contributed by atoms with Crippen molar-refractivity contribution in [2.45, 2.75) is 51.0 Å². The number of fused-ring (bicyclic) bond motifs is 1. The number of carbonyl (C=O) groups is 1. The van der Waals surface area contributed by atoms with E-state index >= 15 is 0 Å². The lowest BCUT2D eigenvalue weighted by Gasteiger charge is -2.32. The lowest BCUT2D eigenvalue weighted by atomic mass is 9.87. The van der Waals surface area contributed by atoms with E-state index in [-0.39, 0.29) is 23.6 Å². The maximum Gasteiger partial charge on any atom is 0.223 e. The molecule has 2 aliphatic rings. The Hall–Kier alpha value is -2.18. The Balaban J connectivity index is 1.26. The molecule has 1 amide bonds. The fourth-order valence-electron chi connectivity index (χ4n) is 4.82. The van der Waals surface area contributed by atoms with Crippen molar-refractivity contribution in [1.82, 2.24) is 9.62 Å². The minimum Gasteiger partial charge on any atom is -0.349 e. The Bertz CT molecular complexity index is 983. The van der Waals surface area contributed by atoms with E-state index in [1.807, 2.05) is 36.4 Å². The number of benzene rings is 2. The smallest absolute Gasteiger partial charge is 0.223 e. The Morgan fingerprint density at radius 3 is 2.45 bits per heavy atom. The summed E-state index contributed by atoms with van der Waals surface area (Å²) in [4.78, 5) is 12.9. The molecule has 0 unspecified atom stereocenters. The maximum atomic E-state index is 12.9. The van der Waals surface area contributed by atoms with E-state index < -0.39 is 10.0 Å². The molecule has 5 nitrogen and oxygen atoms in total. The second kappa shape index (κ2) is 9.96. The first-order chi connectivity index (χ1) is 15.0. The highest BCUT2D eigenvalue weighted by atomic mass is 32.2. The van der Waals surface area contributed by atoms with Crippen molar-refractivity contribution in [1.29, 1.82) is 0 Å². The van der Waals surface area contributed by atoms with Gasteiger partial charge in [-0.2, -0.15) is 0 Å². The van der Waals surface area contributed by atoms with Crippen LogP contribution in [-0.2, 0) is 27.7 Å². The molecule has 4 rings (SSSR count). The maximum absolute atomic E-state index is 12.9. The highest BCUT2D eigenvalue weighted by Crippen LogP contribution is 2.30. The van der Waals surface area contributed by atoms with Crippen LogP contribution >= 0.6 is 0 Å². The number of nitrogens with one attached hydrogen (secondary N) is 1. The van der Waals surface area contributed by atoms with Gasteiger partial charge in [0.1, 0.15) is 0 Å². The summed E-state index contributed by atoms with van der Waals surface area (Å²) in [6, 6.07) is 18.4. The highest BCUT2D eigenvalue weighted by Gasteiger charge is 2.32. The van der Waals surface area contributed by atoms with E-state index in [9.17, 15) is 13.2 Å². The molecule has 1 fully saturated rings. The lowest BCUT2D eigenvalue weighted by Crippen LogP contribution is -2.44. The van der Waals surface area contributed by atoms with Crippen molar-refractivity contribution in [2.24, 2.45) is 5.92 Å². The first-order valence-electron chi connectivity index (χ1n) is 11.4. The summed E-state index contributed by atoms with van der Waals surface area (Å²) in [5.74, 6) is 0.130. The predicted molar refractivity (Wildman–Crippen MR) is 123 cm³/mol. The van der Waals surface area contributed by atoms with Crippen LogP contribution < -0.4 is 5.32 Å². The Morgan fingerprint density at radius 2 is 1.68 bits per heavy atom. The number of hydrogen-bond acceptors (Lipinski definition) is 3. The standard InChI is InChI=1S/C25H32N2O3S/c28-25(26-24-14-6-12-21-11-4-5-13-23(21)24)22-15-17-27(18-16-22)31(29,30)19-7-10-20-8-2-1-3-9-20/h1-5,8-9,11,13,22,24H,6-7,10,12,14-19H2,(H,26,28)/t24-/m1/s1. The van der Waals surface area contributed by atoms with Gasteiger partial charge >= 0.3 is 0 Å². The highest BCUT2D eigenvalue weighted by molar-refractivity contribution is 7.89. The van der Waals surface area contributed by atoms with Gasteiger partial charge in [0.15, 0.2) is 0 Å². The fraction of sp³-hybridized carbons (Fsp3) is 0.480. The van der Waals surface area contributed by atoms with Crippen LogP contribution in [0.25, 0.3) is 0 Å². The summed E-state index contributed by atoms with van der Waals surface area (Å²) in [5, 5.41) is 3.24. The van der Waals surface area contributed by atoms with Gasteiger partial charge in [0.05, 0.1) is 11.8 Å². The number of piperidine rings is 1. The molecule has 1 aliphatic heterocycles. The van der Waals surface area contributed by atoms with E-state index in [0.717, 1.165) is 31.2 Å². The monoisotopic (exact) mass is 440 g/mol. The van der Waals surface area contributed by atoms with Crippen LogP contribution in [-0.4, -0.2) is 37.5 Å². The molecule has 2 aromatic rings. The van der Waals surface area contributed by atoms with Crippen LogP contribution in [0.2, 0.25) is 0 Å². The third-order valence-corrected chi connectivity index (χ3v) is 8.57. The molecule has 2 aromatic carbocycles. The Labute approximate surface area is 185 Å². The van der Waals surface area contributed by atoms with Gasteiger partial charge in [0.2, 0.25) is 15.9 Å². The molecule has 1 saturated heterocycles. The van der Waals surface area contributed by atoms with Gasteiger partial charge in [-0.25, -0.2) is 12.7 Å². The topological polar surface area (TPSA) is 66.5 Å². The number of nitrogens with zero attached hydrogens (tertiary/aromatic N) is 1. The van der Waals surface area contributed by atoms with Crippen LogP contribution in [0.15, 0.2) is 54.6 Å². The molecule has 0 aromatic heterocycles. The van der Waals surface area contributed by atoms with Crippen LogP contribution in [0.5, 0.6) is 0 Å². The average molecular weight is 441 g/mol. The fourth-order valence-corrected chi connectivity index (χ4v) is 6.36. The van der Waals surface area contributed by atoms with E-state index in [1.165, 1.54) is 11.1 Å². The molecule has 166 valence electrons. The lowest BCUT2D eigenvalue weighted by molar-refractivity contribution is -0.127. The molecular formula is C25H32N2O3S. The second-order valence-electron chi connectivity index (χ2n) is 8.73. The average Bonchev–Trinajstić information content (AvgIpc) is 2.80. The number of carbonyl (C=O) groups excluding carboxylic acids is 1. The Kier molecular flexibility index (Phi) is 7.08. The minimum absolute atomic E-state index is 0.0721. The van der Waals surface area contributed by atoms with Gasteiger partial charge in [0.25, 0.3) is 0 Å². The van der Waals surface area contributed by atoms with Crippen molar-refractivity contribution in [3.63, 3.8) is 0 Å². The zero-order valence-corrected chi connectivity index (χ0v) is 18.8. The summed E-state index contributed by atoms with van der Waals surface area (Å²) >= 11 is 0. The van der Waals surface area contributed by atoms with Gasteiger partial charge in [-0.05, 0) is 61.6 Å². The van der Waals surface area contributed by atoms with Crippen LogP contribution in [0, 0.1) is 5.92 Å². The third kappa shape index (κ3) is 5.55. The van der Waals surface area contributed by atoms with Crippen molar-refractivity contribution in [3.8, 4) is 0 Å². The zero-order chi connectivity index (χ0) is 21.7. The number of rotatable bonds is 7. The molecule has 1 aliphatic carbocycles. The molecule has 31 heavy (non-hydrogen) atoms. The minimum atomic E-state index is -3.27. The summed E-state index contributed by atoms with van der Waals surface area (Å²) in [7, 11) is -3.27. The van der Waals surface area contributed by atoms with Crippen molar-refractivity contribution >= 4 is 15.9 Å². The Morgan fingerprint density at radius 1 is 0.968 bits per heavy atom. The largest absolute Gasteiger partial charge is 0.349 e. The van der Waals surface area contributed by atoms with E-state index in [1.54, 1.807) is 4.31 Å². The molecule has 1 heterocycles. The van der Waals surface area contributed by atoms with Gasteiger partial charge in [-0.15, -0.1) is 0 Å². The van der Waals surface area contributed by atoms with Crippen LogP contribution in [0.1, 0.15) is 54.8 Å². The molecular weight excluding hydrogens is 408 g/mol. The molecule has 0 saturated carbocycles.